The fourth-order valence-electron chi connectivity index (χ4n) is 3.51. The molecule has 8 heteroatoms. The first-order valence-corrected chi connectivity index (χ1v) is 10.2. The van der Waals surface area contributed by atoms with Crippen LogP contribution in [0.5, 0.6) is 0 Å². The maximum Gasteiger partial charge on any atom is 0.348 e. The first kappa shape index (κ1) is 19.3. The van der Waals surface area contributed by atoms with E-state index in [2.05, 4.69) is 16.9 Å². The smallest absolute Gasteiger partial charge is 0.348 e. The summed E-state index contributed by atoms with van der Waals surface area (Å²) in [5.41, 5.74) is 1.49. The summed E-state index contributed by atoms with van der Waals surface area (Å²) in [5, 5.41) is 0.341. The van der Waals surface area contributed by atoms with E-state index in [0.717, 1.165) is 19.3 Å². The molecule has 0 radical (unpaired) electrons. The van der Waals surface area contributed by atoms with Crippen molar-refractivity contribution in [3.05, 3.63) is 61.3 Å². The van der Waals surface area contributed by atoms with Crippen molar-refractivity contribution < 1.29 is 19.1 Å². The molecular formula is C21H20N2O5S. The van der Waals surface area contributed by atoms with Crippen LogP contribution in [0, 0.1) is 5.92 Å². The lowest BCUT2D eigenvalue weighted by molar-refractivity contribution is 0.0467. The Morgan fingerprint density at radius 3 is 2.90 bits per heavy atom. The van der Waals surface area contributed by atoms with Gasteiger partial charge < -0.3 is 14.5 Å². The van der Waals surface area contributed by atoms with Gasteiger partial charge in [0.05, 0.1) is 23.6 Å². The molecule has 4 rings (SSSR count). The minimum Gasteiger partial charge on any atom is -0.465 e. The standard InChI is InChI=1S/C21H20N2O5S/c1-11-3-6-16-13(7-11)9-17(29-16)21(26)28-10-18-22-15-8-12(20(25)27-2)4-5-14(15)19(24)23-18/h4-5,8-9,11H,3,6-7,10H2,1-2H3,(H,22,23,24). The van der Waals surface area contributed by atoms with Gasteiger partial charge in [-0.05, 0) is 55.0 Å². The second-order valence-corrected chi connectivity index (χ2v) is 8.36. The lowest BCUT2D eigenvalue weighted by Gasteiger charge is -2.16. The topological polar surface area (TPSA) is 98.4 Å². The first-order valence-electron chi connectivity index (χ1n) is 9.34. The fraction of sp³-hybridized carbons (Fsp3) is 0.333. The van der Waals surface area contributed by atoms with Gasteiger partial charge in [-0.15, -0.1) is 11.3 Å². The van der Waals surface area contributed by atoms with E-state index < -0.39 is 11.9 Å². The van der Waals surface area contributed by atoms with Crippen LogP contribution in [-0.4, -0.2) is 29.0 Å². The maximum absolute atomic E-state index is 12.5. The summed E-state index contributed by atoms with van der Waals surface area (Å²) in [5.74, 6) is -0.100. The van der Waals surface area contributed by atoms with Crippen LogP contribution in [0.1, 0.15) is 49.6 Å². The van der Waals surface area contributed by atoms with E-state index in [1.807, 2.05) is 6.07 Å². The third-order valence-corrected chi connectivity index (χ3v) is 6.26. The molecule has 1 aromatic carbocycles. The summed E-state index contributed by atoms with van der Waals surface area (Å²) in [6.45, 7) is 2.05. The van der Waals surface area contributed by atoms with Crippen molar-refractivity contribution in [1.29, 1.82) is 0 Å². The van der Waals surface area contributed by atoms with E-state index in [4.69, 9.17) is 9.47 Å². The average molecular weight is 412 g/mol. The lowest BCUT2D eigenvalue weighted by Crippen LogP contribution is -2.15. The third kappa shape index (κ3) is 3.93. The van der Waals surface area contributed by atoms with Gasteiger partial charge in [-0.3, -0.25) is 4.79 Å². The second kappa shape index (κ2) is 7.79. The molecular weight excluding hydrogens is 392 g/mol. The molecule has 1 aliphatic carbocycles. The summed E-state index contributed by atoms with van der Waals surface area (Å²) in [6.07, 6.45) is 3.12. The average Bonchev–Trinajstić information content (AvgIpc) is 3.14. The van der Waals surface area contributed by atoms with Crippen molar-refractivity contribution in [2.75, 3.05) is 7.11 Å². The normalized spacial score (nSPS) is 15.7. The maximum atomic E-state index is 12.5. The number of aryl methyl sites for hydroxylation is 1. The minimum atomic E-state index is -0.516. The van der Waals surface area contributed by atoms with Crippen molar-refractivity contribution >= 4 is 34.2 Å². The molecule has 1 aliphatic rings. The van der Waals surface area contributed by atoms with Crippen molar-refractivity contribution in [1.82, 2.24) is 9.97 Å². The molecule has 0 spiro atoms. The van der Waals surface area contributed by atoms with Crippen LogP contribution < -0.4 is 5.56 Å². The zero-order valence-electron chi connectivity index (χ0n) is 16.1. The van der Waals surface area contributed by atoms with E-state index >= 15 is 0 Å². The number of H-pyrrole nitrogens is 1. The Labute approximate surface area is 170 Å². The Hall–Kier alpha value is -3.00. The number of aromatic nitrogens is 2. The Balaban J connectivity index is 1.52. The van der Waals surface area contributed by atoms with Crippen LogP contribution in [-0.2, 0) is 28.9 Å². The number of rotatable bonds is 4. The number of carbonyl (C=O) groups excluding carboxylic acids is 2. The second-order valence-electron chi connectivity index (χ2n) is 7.22. The Morgan fingerprint density at radius 1 is 1.28 bits per heavy atom. The highest BCUT2D eigenvalue weighted by Gasteiger charge is 2.21. The number of aromatic amines is 1. The van der Waals surface area contributed by atoms with Gasteiger partial charge in [0.2, 0.25) is 0 Å². The predicted molar refractivity (Wildman–Crippen MR) is 108 cm³/mol. The molecule has 2 aromatic heterocycles. The number of methoxy groups -OCH3 is 1. The SMILES string of the molecule is COC(=O)c1ccc2c(=O)[nH]c(COC(=O)c3cc4c(s3)CCC(C)C4)nc2c1. The van der Waals surface area contributed by atoms with E-state index in [1.54, 1.807) is 0 Å². The molecule has 1 unspecified atom stereocenters. The van der Waals surface area contributed by atoms with Gasteiger partial charge in [0.15, 0.2) is 0 Å². The molecule has 1 atom stereocenters. The molecule has 0 saturated carbocycles. The highest BCUT2D eigenvalue weighted by atomic mass is 32.1. The van der Waals surface area contributed by atoms with Crippen molar-refractivity contribution in [3.63, 3.8) is 0 Å². The molecule has 3 aromatic rings. The number of thiophene rings is 1. The molecule has 0 amide bonds. The number of hydrogen-bond donors (Lipinski definition) is 1. The predicted octanol–water partition coefficient (Wildman–Crippen LogP) is 3.25. The molecule has 0 fully saturated rings. The molecule has 2 heterocycles. The first-order chi connectivity index (χ1) is 13.9. The number of ether oxygens (including phenoxy) is 2. The summed E-state index contributed by atoms with van der Waals surface area (Å²) in [6, 6.07) is 6.41. The van der Waals surface area contributed by atoms with Gasteiger partial charge in [0.1, 0.15) is 17.3 Å². The van der Waals surface area contributed by atoms with Gasteiger partial charge in [-0.25, -0.2) is 14.6 Å². The highest BCUT2D eigenvalue weighted by Crippen LogP contribution is 2.32. The minimum absolute atomic E-state index is 0.161. The Bertz CT molecular complexity index is 1160. The molecule has 7 nitrogen and oxygen atoms in total. The van der Waals surface area contributed by atoms with Gasteiger partial charge >= 0.3 is 11.9 Å². The van der Waals surface area contributed by atoms with Crippen LogP contribution in [0.15, 0.2) is 29.1 Å². The monoisotopic (exact) mass is 412 g/mol. The number of nitrogens with one attached hydrogen (secondary N) is 1. The van der Waals surface area contributed by atoms with Gasteiger partial charge in [0.25, 0.3) is 5.56 Å². The van der Waals surface area contributed by atoms with Crippen molar-refractivity contribution in [2.45, 2.75) is 32.8 Å². The number of nitrogens with zero attached hydrogens (tertiary/aromatic N) is 1. The van der Waals surface area contributed by atoms with Gasteiger partial charge in [-0.1, -0.05) is 6.92 Å². The van der Waals surface area contributed by atoms with E-state index in [1.165, 1.54) is 47.1 Å². The molecule has 150 valence electrons. The number of hydrogen-bond acceptors (Lipinski definition) is 7. The summed E-state index contributed by atoms with van der Waals surface area (Å²) >= 11 is 1.48. The quantitative estimate of drug-likeness (QED) is 0.661. The fourth-order valence-corrected chi connectivity index (χ4v) is 4.61. The van der Waals surface area contributed by atoms with Crippen LogP contribution in [0.25, 0.3) is 10.9 Å². The number of carbonyl (C=O) groups is 2. The molecule has 29 heavy (non-hydrogen) atoms. The van der Waals surface area contributed by atoms with Crippen molar-refractivity contribution in [2.24, 2.45) is 5.92 Å². The molecule has 0 aliphatic heterocycles. The van der Waals surface area contributed by atoms with Gasteiger partial charge in [0, 0.05) is 4.88 Å². The van der Waals surface area contributed by atoms with Crippen molar-refractivity contribution in [3.8, 4) is 0 Å². The van der Waals surface area contributed by atoms with E-state index in [9.17, 15) is 14.4 Å². The Morgan fingerprint density at radius 2 is 2.10 bits per heavy atom. The summed E-state index contributed by atoms with van der Waals surface area (Å²) in [4.78, 5) is 45.2. The molecule has 1 N–H and O–H groups in total. The Kier molecular flexibility index (Phi) is 5.19. The van der Waals surface area contributed by atoms with Crippen LogP contribution in [0.2, 0.25) is 0 Å². The van der Waals surface area contributed by atoms with Crippen LogP contribution >= 0.6 is 11.3 Å². The van der Waals surface area contributed by atoms with Gasteiger partial charge in [-0.2, -0.15) is 0 Å². The number of esters is 2. The van der Waals surface area contributed by atoms with E-state index in [-0.39, 0.29) is 18.0 Å². The zero-order valence-corrected chi connectivity index (χ0v) is 16.9. The van der Waals surface area contributed by atoms with Crippen LogP contribution in [0.4, 0.5) is 0 Å². The summed E-state index contributed by atoms with van der Waals surface area (Å²) in [7, 11) is 1.28. The molecule has 0 saturated heterocycles. The largest absolute Gasteiger partial charge is 0.465 e. The lowest BCUT2D eigenvalue weighted by atomic mass is 9.90. The highest BCUT2D eigenvalue weighted by molar-refractivity contribution is 7.14. The molecule has 0 bridgehead atoms. The summed E-state index contributed by atoms with van der Waals surface area (Å²) < 4.78 is 10.1. The van der Waals surface area contributed by atoms with E-state index in [0.29, 0.717) is 27.3 Å². The van der Waals surface area contributed by atoms with Crippen LogP contribution in [0.3, 0.4) is 0 Å². The zero-order chi connectivity index (χ0) is 20.5. The number of benzene rings is 1. The third-order valence-electron chi connectivity index (χ3n) is 5.05. The number of fused-ring (bicyclic) bond motifs is 2.